The van der Waals surface area contributed by atoms with Gasteiger partial charge in [0.1, 0.15) is 24.4 Å². The first-order chi connectivity index (χ1) is 14.8. The molecule has 0 bridgehead atoms. The van der Waals surface area contributed by atoms with Gasteiger partial charge in [0, 0.05) is 0 Å². The largest absolute Gasteiger partial charge is 0.388 e. The van der Waals surface area contributed by atoms with Crippen LogP contribution in [0.25, 0.3) is 0 Å². The third-order valence-electron chi connectivity index (χ3n) is 6.00. The fraction of sp³-hybridized carbons (Fsp3) is 0.680. The molecule has 1 aliphatic carbocycles. The van der Waals surface area contributed by atoms with E-state index in [2.05, 4.69) is 19.9 Å². The second-order valence-electron chi connectivity index (χ2n) is 9.74. The quantitative estimate of drug-likeness (QED) is 0.185. The molecule has 1 fully saturated rings. The fourth-order valence-electron chi connectivity index (χ4n) is 3.85. The third-order valence-corrected chi connectivity index (χ3v) is 6.00. The van der Waals surface area contributed by atoms with Gasteiger partial charge in [0.25, 0.3) is 0 Å². The molecule has 2 aliphatic rings. The maximum atomic E-state index is 10.8. The molecule has 7 heteroatoms. The second-order valence-corrected chi connectivity index (χ2v) is 9.74. The average molecular weight is 453 g/mol. The van der Waals surface area contributed by atoms with E-state index in [1.54, 1.807) is 6.92 Å². The Kier molecular flexibility index (Phi) is 9.04. The molecule has 0 saturated carbocycles. The summed E-state index contributed by atoms with van der Waals surface area (Å²) >= 11 is 0. The lowest BCUT2D eigenvalue weighted by Gasteiger charge is -2.30. The molecule has 1 aliphatic heterocycles. The fourth-order valence-corrected chi connectivity index (χ4v) is 3.85. The van der Waals surface area contributed by atoms with Crippen molar-refractivity contribution in [1.29, 1.82) is 0 Å². The van der Waals surface area contributed by atoms with E-state index >= 15 is 0 Å². The van der Waals surface area contributed by atoms with Crippen molar-refractivity contribution in [1.82, 2.24) is 0 Å². The number of hydrogen-bond donors (Lipinski definition) is 5. The normalized spacial score (nSPS) is 30.3. The molecular formula is C25H40O7. The minimum atomic E-state index is -1.38. The predicted octanol–water partition coefficient (Wildman–Crippen LogP) is 2.28. The average Bonchev–Trinajstić information content (AvgIpc) is 3.45. The van der Waals surface area contributed by atoms with Gasteiger partial charge in [-0.25, -0.2) is 0 Å². The Morgan fingerprint density at radius 1 is 1.19 bits per heavy atom. The van der Waals surface area contributed by atoms with E-state index in [-0.39, 0.29) is 6.61 Å². The third kappa shape index (κ3) is 6.84. The molecule has 0 aromatic heterocycles. The van der Waals surface area contributed by atoms with Gasteiger partial charge < -0.3 is 35.0 Å². The molecule has 6 atom stereocenters. The van der Waals surface area contributed by atoms with E-state index in [0.717, 1.165) is 12.8 Å². The van der Waals surface area contributed by atoms with E-state index in [9.17, 15) is 25.5 Å². The zero-order chi connectivity index (χ0) is 24.3. The first-order valence-corrected chi connectivity index (χ1v) is 11.2. The predicted molar refractivity (Wildman–Crippen MR) is 123 cm³/mol. The molecule has 2 rings (SSSR count). The number of aliphatic hydroxyl groups excluding tert-OH is 4. The number of rotatable bonds is 11. The van der Waals surface area contributed by atoms with E-state index in [1.807, 2.05) is 13.0 Å². The first kappa shape index (κ1) is 26.9. The van der Waals surface area contributed by atoms with Crippen LogP contribution >= 0.6 is 0 Å². The summed E-state index contributed by atoms with van der Waals surface area (Å²) in [4.78, 5) is 0. The zero-order valence-corrected chi connectivity index (χ0v) is 20.1. The number of fused-ring (bicyclic) bond motifs is 1. The molecule has 0 radical (unpaired) electrons. The Bertz CT molecular complexity index is 770. The molecule has 1 saturated heterocycles. The Balaban J connectivity index is 2.00. The summed E-state index contributed by atoms with van der Waals surface area (Å²) in [6.45, 7) is 10.8. The van der Waals surface area contributed by atoms with Gasteiger partial charge in [-0.2, -0.15) is 0 Å². The molecule has 5 N–H and O–H groups in total. The van der Waals surface area contributed by atoms with Gasteiger partial charge in [-0.15, -0.1) is 0 Å². The Morgan fingerprint density at radius 2 is 1.84 bits per heavy atom. The molecule has 1 heterocycles. The van der Waals surface area contributed by atoms with Crippen LogP contribution < -0.4 is 0 Å². The van der Waals surface area contributed by atoms with Crippen molar-refractivity contribution < 1.29 is 35.0 Å². The summed E-state index contributed by atoms with van der Waals surface area (Å²) in [6, 6.07) is 0. The van der Waals surface area contributed by atoms with E-state index in [0.29, 0.717) is 17.6 Å². The van der Waals surface area contributed by atoms with Crippen molar-refractivity contribution in [3.8, 4) is 0 Å². The second kappa shape index (κ2) is 10.7. The monoisotopic (exact) mass is 452 g/mol. The molecule has 0 aromatic rings. The summed E-state index contributed by atoms with van der Waals surface area (Å²) in [7, 11) is 0. The summed E-state index contributed by atoms with van der Waals surface area (Å²) in [5.74, 6) is -1.38. The van der Waals surface area contributed by atoms with Crippen LogP contribution in [0.15, 0.2) is 46.6 Å². The topological polar surface area (TPSA) is 123 Å². The number of hydrogen-bond acceptors (Lipinski definition) is 7. The molecule has 182 valence electrons. The molecule has 6 unspecified atom stereocenters. The van der Waals surface area contributed by atoms with Crippen molar-refractivity contribution in [2.24, 2.45) is 0 Å². The number of ether oxygens (including phenoxy) is 2. The Hall–Kier alpha value is -1.32. The van der Waals surface area contributed by atoms with Gasteiger partial charge in [-0.3, -0.25) is 0 Å². The van der Waals surface area contributed by atoms with Crippen molar-refractivity contribution in [3.63, 3.8) is 0 Å². The van der Waals surface area contributed by atoms with Crippen LogP contribution in [0.5, 0.6) is 0 Å². The summed E-state index contributed by atoms with van der Waals surface area (Å²) in [5.41, 5.74) is 2.08. The van der Waals surface area contributed by atoms with Crippen LogP contribution in [-0.2, 0) is 9.47 Å². The maximum absolute atomic E-state index is 10.8. The van der Waals surface area contributed by atoms with Crippen LogP contribution in [0.3, 0.4) is 0 Å². The Morgan fingerprint density at radius 3 is 2.44 bits per heavy atom. The number of epoxide rings is 1. The Labute approximate surface area is 191 Å². The van der Waals surface area contributed by atoms with Gasteiger partial charge in [0.05, 0.1) is 12.7 Å². The SMILES string of the molecule is CC(C)=CCCC(C)=CCC(O)C(C)=CC(O)C12OC1C(O)C(COC(C)(C)O)=CC2O. The zero-order valence-electron chi connectivity index (χ0n) is 20.1. The van der Waals surface area contributed by atoms with Crippen LogP contribution in [0, 0.1) is 0 Å². The summed E-state index contributed by atoms with van der Waals surface area (Å²) in [5, 5.41) is 52.1. The van der Waals surface area contributed by atoms with Crippen LogP contribution in [0.4, 0.5) is 0 Å². The van der Waals surface area contributed by atoms with Crippen molar-refractivity contribution in [2.75, 3.05) is 6.61 Å². The molecule has 32 heavy (non-hydrogen) atoms. The highest BCUT2D eigenvalue weighted by molar-refractivity contribution is 5.35. The molecule has 0 aromatic carbocycles. The maximum Gasteiger partial charge on any atom is 0.160 e. The van der Waals surface area contributed by atoms with Gasteiger partial charge in [-0.05, 0) is 78.0 Å². The first-order valence-electron chi connectivity index (χ1n) is 11.2. The highest BCUT2D eigenvalue weighted by atomic mass is 16.6. The highest BCUT2D eigenvalue weighted by Crippen LogP contribution is 2.50. The number of allylic oxidation sites excluding steroid dienone is 3. The van der Waals surface area contributed by atoms with Gasteiger partial charge >= 0.3 is 0 Å². The van der Waals surface area contributed by atoms with E-state index in [4.69, 9.17) is 9.47 Å². The molecule has 0 amide bonds. The van der Waals surface area contributed by atoms with E-state index < -0.39 is 41.9 Å². The molecular weight excluding hydrogens is 412 g/mol. The van der Waals surface area contributed by atoms with Crippen molar-refractivity contribution >= 4 is 0 Å². The van der Waals surface area contributed by atoms with E-state index in [1.165, 1.54) is 37.1 Å². The standard InChI is InChI=1S/C25H40O7/c1-15(2)8-7-9-16(3)10-11-19(26)17(4)12-20(27)25-21(28)13-18(14-31-24(5,6)30)22(29)23(25)32-25/h8,10,12-13,19-23,26-30H,7,9,11,14H2,1-6H3. The smallest absolute Gasteiger partial charge is 0.160 e. The van der Waals surface area contributed by atoms with Gasteiger partial charge in [0.15, 0.2) is 11.4 Å². The lowest BCUT2D eigenvalue weighted by molar-refractivity contribution is -0.171. The van der Waals surface area contributed by atoms with Crippen LogP contribution in [-0.4, -0.2) is 74.0 Å². The lowest BCUT2D eigenvalue weighted by Crippen LogP contribution is -2.48. The highest BCUT2D eigenvalue weighted by Gasteiger charge is 2.69. The van der Waals surface area contributed by atoms with Gasteiger partial charge in [-0.1, -0.05) is 29.4 Å². The van der Waals surface area contributed by atoms with Crippen LogP contribution in [0.2, 0.25) is 0 Å². The van der Waals surface area contributed by atoms with Crippen molar-refractivity contribution in [2.45, 2.75) is 103 Å². The lowest BCUT2D eigenvalue weighted by atomic mass is 9.81. The number of aliphatic hydroxyl groups is 5. The summed E-state index contributed by atoms with van der Waals surface area (Å²) in [6.07, 6.45) is 4.39. The molecule has 0 spiro atoms. The minimum Gasteiger partial charge on any atom is -0.388 e. The summed E-state index contributed by atoms with van der Waals surface area (Å²) < 4.78 is 10.9. The van der Waals surface area contributed by atoms with Crippen molar-refractivity contribution in [3.05, 3.63) is 46.6 Å². The van der Waals surface area contributed by atoms with Crippen LogP contribution in [0.1, 0.15) is 60.8 Å². The van der Waals surface area contributed by atoms with Gasteiger partial charge in [0.2, 0.25) is 0 Å². The molecule has 7 nitrogen and oxygen atoms in total. The minimum absolute atomic E-state index is 0.0688.